The van der Waals surface area contributed by atoms with Crippen LogP contribution in [-0.4, -0.2) is 62.4 Å². The van der Waals surface area contributed by atoms with Crippen molar-refractivity contribution < 1.29 is 14.3 Å². The molecule has 7 heteroatoms. The maximum atomic E-state index is 12.2. The van der Waals surface area contributed by atoms with Gasteiger partial charge in [0.25, 0.3) is 0 Å². The molecule has 1 aromatic heterocycles. The Morgan fingerprint density at radius 1 is 1.55 bits per heavy atom. The molecule has 1 amide bonds. The van der Waals surface area contributed by atoms with Gasteiger partial charge in [-0.25, -0.2) is 9.97 Å². The Bertz CT molecular complexity index is 513. The summed E-state index contributed by atoms with van der Waals surface area (Å²) in [5, 5.41) is 2.90. The van der Waals surface area contributed by atoms with Crippen LogP contribution in [0, 0.1) is 11.3 Å². The molecule has 0 aliphatic carbocycles. The number of fused-ring (bicyclic) bond motifs is 1. The van der Waals surface area contributed by atoms with Gasteiger partial charge in [0, 0.05) is 56.9 Å². The molecule has 0 aromatic carbocycles. The highest BCUT2D eigenvalue weighted by molar-refractivity contribution is 5.77. The second-order valence-electron chi connectivity index (χ2n) is 6.02. The zero-order valence-corrected chi connectivity index (χ0v) is 12.8. The molecule has 2 aliphatic heterocycles. The summed E-state index contributed by atoms with van der Waals surface area (Å²) in [5.41, 5.74) is -0.129. The first-order valence-electron chi connectivity index (χ1n) is 7.59. The molecule has 22 heavy (non-hydrogen) atoms. The highest BCUT2D eigenvalue weighted by Crippen LogP contribution is 2.44. The number of hydrogen-bond donors (Lipinski definition) is 1. The van der Waals surface area contributed by atoms with Crippen molar-refractivity contribution >= 4 is 11.9 Å². The van der Waals surface area contributed by atoms with Gasteiger partial charge in [0.1, 0.15) is 0 Å². The average molecular weight is 306 g/mol. The monoisotopic (exact) mass is 306 g/mol. The van der Waals surface area contributed by atoms with E-state index >= 15 is 0 Å². The van der Waals surface area contributed by atoms with E-state index in [1.165, 1.54) is 0 Å². The summed E-state index contributed by atoms with van der Waals surface area (Å²) in [6, 6.07) is 1.81. The van der Waals surface area contributed by atoms with Crippen LogP contribution >= 0.6 is 0 Å². The molecule has 2 atom stereocenters. The van der Waals surface area contributed by atoms with E-state index in [9.17, 15) is 4.79 Å². The lowest BCUT2D eigenvalue weighted by Gasteiger charge is -2.26. The quantitative estimate of drug-likeness (QED) is 0.750. The van der Waals surface area contributed by atoms with Crippen molar-refractivity contribution in [1.82, 2.24) is 15.3 Å². The molecule has 120 valence electrons. The van der Waals surface area contributed by atoms with Gasteiger partial charge >= 0.3 is 0 Å². The minimum absolute atomic E-state index is 0.0587. The van der Waals surface area contributed by atoms with Crippen LogP contribution in [0.15, 0.2) is 18.5 Å². The van der Waals surface area contributed by atoms with E-state index in [1.807, 2.05) is 6.07 Å². The number of carbonyl (C=O) groups excluding carboxylic acids is 1. The summed E-state index contributed by atoms with van der Waals surface area (Å²) in [7, 11) is 1.63. The van der Waals surface area contributed by atoms with Gasteiger partial charge < -0.3 is 19.7 Å². The second kappa shape index (κ2) is 6.58. The zero-order chi connectivity index (χ0) is 15.4. The Morgan fingerprint density at radius 3 is 3.14 bits per heavy atom. The van der Waals surface area contributed by atoms with Crippen molar-refractivity contribution in [1.29, 1.82) is 0 Å². The number of rotatable bonds is 6. The summed E-state index contributed by atoms with van der Waals surface area (Å²) in [4.78, 5) is 23.0. The third-order valence-corrected chi connectivity index (χ3v) is 4.50. The van der Waals surface area contributed by atoms with Crippen molar-refractivity contribution in [2.45, 2.75) is 6.42 Å². The predicted octanol–water partition coefficient (Wildman–Crippen LogP) is 0.0821. The van der Waals surface area contributed by atoms with Crippen LogP contribution in [0.25, 0.3) is 0 Å². The lowest BCUT2D eigenvalue weighted by molar-refractivity contribution is -0.123. The van der Waals surface area contributed by atoms with Gasteiger partial charge in [-0.15, -0.1) is 0 Å². The van der Waals surface area contributed by atoms with Gasteiger partial charge in [-0.05, 0) is 6.07 Å². The summed E-state index contributed by atoms with van der Waals surface area (Å²) < 4.78 is 10.6. The lowest BCUT2D eigenvalue weighted by atomic mass is 9.78. The topological polar surface area (TPSA) is 76.6 Å². The minimum Gasteiger partial charge on any atom is -0.383 e. The van der Waals surface area contributed by atoms with Gasteiger partial charge in [-0.2, -0.15) is 0 Å². The van der Waals surface area contributed by atoms with Crippen LogP contribution in [0.5, 0.6) is 0 Å². The van der Waals surface area contributed by atoms with E-state index in [4.69, 9.17) is 9.47 Å². The molecule has 7 nitrogen and oxygen atoms in total. The second-order valence-corrected chi connectivity index (χ2v) is 6.02. The number of carbonyl (C=O) groups is 1. The molecule has 2 aliphatic rings. The Hall–Kier alpha value is -1.73. The summed E-state index contributed by atoms with van der Waals surface area (Å²) in [5.74, 6) is 1.14. The Morgan fingerprint density at radius 2 is 2.36 bits per heavy atom. The molecule has 0 saturated carbocycles. The van der Waals surface area contributed by atoms with Crippen LogP contribution in [-0.2, 0) is 14.3 Å². The van der Waals surface area contributed by atoms with Gasteiger partial charge in [0.05, 0.1) is 19.8 Å². The Kier molecular flexibility index (Phi) is 4.54. The third kappa shape index (κ3) is 3.05. The van der Waals surface area contributed by atoms with E-state index in [0.717, 1.165) is 19.0 Å². The van der Waals surface area contributed by atoms with Crippen molar-refractivity contribution in [2.24, 2.45) is 11.3 Å². The van der Waals surface area contributed by atoms with Crippen LogP contribution in [0.1, 0.15) is 6.42 Å². The van der Waals surface area contributed by atoms with Crippen molar-refractivity contribution in [2.75, 3.05) is 51.5 Å². The molecule has 2 fully saturated rings. The molecule has 2 saturated heterocycles. The molecule has 0 spiro atoms. The number of nitrogens with zero attached hydrogens (tertiary/aromatic N) is 3. The first kappa shape index (κ1) is 15.2. The highest BCUT2D eigenvalue weighted by Gasteiger charge is 2.52. The average Bonchev–Trinajstić information content (AvgIpc) is 3.05. The molecular formula is C15H22N4O3. The summed E-state index contributed by atoms with van der Waals surface area (Å²) >= 11 is 0. The molecule has 0 radical (unpaired) electrons. The first-order chi connectivity index (χ1) is 10.7. The number of anilines is 1. The van der Waals surface area contributed by atoms with Crippen LogP contribution in [0.4, 0.5) is 5.95 Å². The van der Waals surface area contributed by atoms with E-state index in [1.54, 1.807) is 19.5 Å². The molecule has 0 unspecified atom stereocenters. The van der Waals surface area contributed by atoms with Gasteiger partial charge in [-0.3, -0.25) is 4.79 Å². The number of methoxy groups -OCH3 is 1. The number of hydrogen-bond acceptors (Lipinski definition) is 6. The highest BCUT2D eigenvalue weighted by atomic mass is 16.5. The van der Waals surface area contributed by atoms with E-state index in [0.29, 0.717) is 38.7 Å². The smallest absolute Gasteiger partial charge is 0.225 e. The van der Waals surface area contributed by atoms with Crippen LogP contribution in [0.3, 0.4) is 0 Å². The van der Waals surface area contributed by atoms with E-state index in [2.05, 4.69) is 20.2 Å². The van der Waals surface area contributed by atoms with E-state index in [-0.39, 0.29) is 11.3 Å². The van der Waals surface area contributed by atoms with Crippen LogP contribution in [0.2, 0.25) is 0 Å². The fraction of sp³-hybridized carbons (Fsp3) is 0.667. The molecule has 0 bridgehead atoms. The third-order valence-electron chi connectivity index (χ3n) is 4.50. The van der Waals surface area contributed by atoms with Crippen molar-refractivity contribution in [3.8, 4) is 0 Å². The lowest BCUT2D eigenvalue weighted by Crippen LogP contribution is -2.38. The standard InChI is InChI=1S/C15H22N4O3/c1-21-6-5-16-13(20)7-15-10-19(8-12(15)9-22-11-15)14-17-3-2-4-18-14/h2-4,12H,5-11H2,1H3,(H,16,20)/t12-,15+/m1/s1. The largest absolute Gasteiger partial charge is 0.383 e. The Balaban J connectivity index is 1.65. The molecule has 1 aromatic rings. The van der Waals surface area contributed by atoms with E-state index < -0.39 is 0 Å². The normalized spacial score (nSPS) is 27.0. The Labute approximate surface area is 130 Å². The maximum absolute atomic E-state index is 12.2. The number of aromatic nitrogens is 2. The first-order valence-corrected chi connectivity index (χ1v) is 7.59. The molecule has 3 rings (SSSR count). The number of amides is 1. The molecular weight excluding hydrogens is 284 g/mol. The van der Waals surface area contributed by atoms with Crippen LogP contribution < -0.4 is 10.2 Å². The fourth-order valence-electron chi connectivity index (χ4n) is 3.36. The zero-order valence-electron chi connectivity index (χ0n) is 12.8. The van der Waals surface area contributed by atoms with Gasteiger partial charge in [-0.1, -0.05) is 0 Å². The SMILES string of the molecule is COCCNC(=O)C[C@]12COC[C@H]1CN(c1ncccn1)C2. The molecule has 1 N–H and O–H groups in total. The number of ether oxygens (including phenoxy) is 2. The van der Waals surface area contributed by atoms with Gasteiger partial charge in [0.2, 0.25) is 11.9 Å². The summed E-state index contributed by atoms with van der Waals surface area (Å²) in [6.45, 7) is 4.01. The minimum atomic E-state index is -0.129. The van der Waals surface area contributed by atoms with Gasteiger partial charge in [0.15, 0.2) is 0 Å². The van der Waals surface area contributed by atoms with Crippen molar-refractivity contribution in [3.63, 3.8) is 0 Å². The molecule has 3 heterocycles. The summed E-state index contributed by atoms with van der Waals surface area (Å²) in [6.07, 6.45) is 3.97. The number of nitrogens with one attached hydrogen (secondary N) is 1. The fourth-order valence-corrected chi connectivity index (χ4v) is 3.36. The predicted molar refractivity (Wildman–Crippen MR) is 80.5 cm³/mol. The maximum Gasteiger partial charge on any atom is 0.225 e. The van der Waals surface area contributed by atoms with Crippen molar-refractivity contribution in [3.05, 3.63) is 18.5 Å².